The number of hydrogen-bond donors (Lipinski definition) is 1. The SMILES string of the molecule is CCOc1c(Br)cc(C(=O)NCC#Cc2ccccc2)cc1OC. The zero-order valence-corrected chi connectivity index (χ0v) is 15.1. The van der Waals surface area contributed by atoms with Gasteiger partial charge in [0.1, 0.15) is 0 Å². The van der Waals surface area contributed by atoms with Crippen LogP contribution in [0.2, 0.25) is 0 Å². The average Bonchev–Trinajstić information content (AvgIpc) is 2.61. The lowest BCUT2D eigenvalue weighted by molar-refractivity contribution is 0.0958. The van der Waals surface area contributed by atoms with E-state index in [0.717, 1.165) is 5.56 Å². The van der Waals surface area contributed by atoms with Crippen LogP contribution in [-0.2, 0) is 0 Å². The minimum atomic E-state index is -0.223. The van der Waals surface area contributed by atoms with Crippen molar-refractivity contribution in [2.45, 2.75) is 6.92 Å². The second kappa shape index (κ2) is 8.99. The third-order valence-electron chi connectivity index (χ3n) is 3.12. The van der Waals surface area contributed by atoms with Crippen LogP contribution >= 0.6 is 15.9 Å². The summed E-state index contributed by atoms with van der Waals surface area (Å²) in [6.45, 7) is 2.66. The molecule has 0 atom stereocenters. The summed E-state index contributed by atoms with van der Waals surface area (Å²) in [6.07, 6.45) is 0. The minimum absolute atomic E-state index is 0.223. The van der Waals surface area contributed by atoms with Gasteiger partial charge in [-0.3, -0.25) is 4.79 Å². The van der Waals surface area contributed by atoms with Crippen molar-refractivity contribution in [1.29, 1.82) is 0 Å². The van der Waals surface area contributed by atoms with Crippen molar-refractivity contribution in [2.75, 3.05) is 20.3 Å². The van der Waals surface area contributed by atoms with Gasteiger partial charge in [-0.1, -0.05) is 30.0 Å². The molecule has 2 aromatic rings. The molecule has 1 N–H and O–H groups in total. The number of carbonyl (C=O) groups excluding carboxylic acids is 1. The van der Waals surface area contributed by atoms with Crippen molar-refractivity contribution in [3.63, 3.8) is 0 Å². The van der Waals surface area contributed by atoms with Crippen LogP contribution in [0.15, 0.2) is 46.9 Å². The molecule has 0 saturated heterocycles. The molecule has 0 aliphatic carbocycles. The Hall–Kier alpha value is -2.45. The number of amides is 1. The van der Waals surface area contributed by atoms with Crippen LogP contribution < -0.4 is 14.8 Å². The Kier molecular flexibility index (Phi) is 6.71. The fourth-order valence-corrected chi connectivity index (χ4v) is 2.59. The Bertz CT molecular complexity index is 763. The summed E-state index contributed by atoms with van der Waals surface area (Å²) in [6, 6.07) is 13.0. The molecule has 2 rings (SSSR count). The van der Waals surface area contributed by atoms with E-state index in [1.807, 2.05) is 37.3 Å². The van der Waals surface area contributed by atoms with E-state index >= 15 is 0 Å². The highest BCUT2D eigenvalue weighted by Crippen LogP contribution is 2.36. The van der Waals surface area contributed by atoms with Gasteiger partial charge in [-0.25, -0.2) is 0 Å². The quantitative estimate of drug-likeness (QED) is 0.796. The molecule has 24 heavy (non-hydrogen) atoms. The molecule has 0 unspecified atom stereocenters. The van der Waals surface area contributed by atoms with Gasteiger partial charge >= 0.3 is 0 Å². The van der Waals surface area contributed by atoms with E-state index in [1.54, 1.807) is 12.1 Å². The van der Waals surface area contributed by atoms with Gasteiger partial charge in [-0.2, -0.15) is 0 Å². The second-order valence-corrected chi connectivity index (χ2v) is 5.63. The number of rotatable bonds is 5. The van der Waals surface area contributed by atoms with Crippen molar-refractivity contribution < 1.29 is 14.3 Å². The first-order chi connectivity index (χ1) is 11.7. The summed E-state index contributed by atoms with van der Waals surface area (Å²) in [4.78, 5) is 12.2. The van der Waals surface area contributed by atoms with Crippen LogP contribution in [0.1, 0.15) is 22.8 Å². The maximum Gasteiger partial charge on any atom is 0.252 e. The monoisotopic (exact) mass is 387 g/mol. The average molecular weight is 388 g/mol. The van der Waals surface area contributed by atoms with Crippen LogP contribution in [0.25, 0.3) is 0 Å². The number of carbonyl (C=O) groups is 1. The van der Waals surface area contributed by atoms with E-state index in [-0.39, 0.29) is 12.5 Å². The second-order valence-electron chi connectivity index (χ2n) is 4.77. The number of hydrogen-bond acceptors (Lipinski definition) is 3. The van der Waals surface area contributed by atoms with Gasteiger partial charge in [-0.15, -0.1) is 0 Å². The standard InChI is InChI=1S/C19H18BrNO3/c1-3-24-18-16(20)12-15(13-17(18)23-2)19(22)21-11-7-10-14-8-5-4-6-9-14/h4-6,8-9,12-13H,3,11H2,1-2H3,(H,21,22). The van der Waals surface area contributed by atoms with Crippen molar-refractivity contribution in [1.82, 2.24) is 5.32 Å². The number of methoxy groups -OCH3 is 1. The third kappa shape index (κ3) is 4.77. The van der Waals surface area contributed by atoms with Gasteiger partial charge in [0.05, 0.1) is 24.7 Å². The maximum absolute atomic E-state index is 12.2. The normalized spacial score (nSPS) is 9.62. The number of nitrogens with one attached hydrogen (secondary N) is 1. The lowest BCUT2D eigenvalue weighted by Gasteiger charge is -2.13. The molecule has 0 heterocycles. The Balaban J connectivity index is 2.05. The van der Waals surface area contributed by atoms with Crippen molar-refractivity contribution in [3.8, 4) is 23.3 Å². The van der Waals surface area contributed by atoms with Crippen molar-refractivity contribution in [2.24, 2.45) is 0 Å². The molecule has 124 valence electrons. The molecule has 0 bridgehead atoms. The Labute approximate surface area is 150 Å². The van der Waals surface area contributed by atoms with Crippen molar-refractivity contribution in [3.05, 3.63) is 58.1 Å². The van der Waals surface area contributed by atoms with E-state index in [4.69, 9.17) is 9.47 Å². The zero-order valence-electron chi connectivity index (χ0n) is 13.6. The molecule has 5 heteroatoms. The summed E-state index contributed by atoms with van der Waals surface area (Å²) in [7, 11) is 1.54. The highest BCUT2D eigenvalue weighted by Gasteiger charge is 2.14. The molecular formula is C19H18BrNO3. The van der Waals surface area contributed by atoms with Crippen LogP contribution in [0.5, 0.6) is 11.5 Å². The predicted octanol–water partition coefficient (Wildman–Crippen LogP) is 3.64. The fraction of sp³-hybridized carbons (Fsp3) is 0.211. The molecule has 0 aromatic heterocycles. The van der Waals surface area contributed by atoms with E-state index in [0.29, 0.717) is 28.1 Å². The van der Waals surface area contributed by atoms with Crippen LogP contribution in [0.3, 0.4) is 0 Å². The zero-order chi connectivity index (χ0) is 17.4. The molecule has 0 spiro atoms. The number of ether oxygens (including phenoxy) is 2. The maximum atomic E-state index is 12.2. The molecule has 1 amide bonds. The van der Waals surface area contributed by atoms with Gasteiger partial charge in [-0.05, 0) is 47.1 Å². The first kappa shape index (κ1) is 17.9. The summed E-state index contributed by atoms with van der Waals surface area (Å²) >= 11 is 3.41. The van der Waals surface area contributed by atoms with Crippen LogP contribution in [0.4, 0.5) is 0 Å². The molecule has 0 fully saturated rings. The summed E-state index contributed by atoms with van der Waals surface area (Å²) in [5.74, 6) is 6.79. The van der Waals surface area contributed by atoms with Gasteiger partial charge in [0.2, 0.25) is 0 Å². The van der Waals surface area contributed by atoms with Gasteiger partial charge < -0.3 is 14.8 Å². The lowest BCUT2D eigenvalue weighted by Crippen LogP contribution is -2.23. The molecule has 2 aromatic carbocycles. The number of benzene rings is 2. The molecular weight excluding hydrogens is 370 g/mol. The molecule has 0 radical (unpaired) electrons. The smallest absolute Gasteiger partial charge is 0.252 e. The summed E-state index contributed by atoms with van der Waals surface area (Å²) in [5, 5.41) is 2.77. The van der Waals surface area contributed by atoms with E-state index < -0.39 is 0 Å². The number of halogens is 1. The lowest BCUT2D eigenvalue weighted by atomic mass is 10.2. The highest BCUT2D eigenvalue weighted by atomic mass is 79.9. The van der Waals surface area contributed by atoms with Gasteiger partial charge in [0, 0.05) is 11.1 Å². The third-order valence-corrected chi connectivity index (χ3v) is 3.71. The first-order valence-corrected chi connectivity index (χ1v) is 8.27. The van der Waals surface area contributed by atoms with Crippen LogP contribution in [-0.4, -0.2) is 26.2 Å². The van der Waals surface area contributed by atoms with E-state index in [9.17, 15) is 4.79 Å². The fourth-order valence-electron chi connectivity index (χ4n) is 2.03. The van der Waals surface area contributed by atoms with Crippen molar-refractivity contribution >= 4 is 21.8 Å². The van der Waals surface area contributed by atoms with Crippen LogP contribution in [0, 0.1) is 11.8 Å². The molecule has 4 nitrogen and oxygen atoms in total. The van der Waals surface area contributed by atoms with E-state index in [2.05, 4.69) is 33.1 Å². The Morgan fingerprint density at radius 2 is 2.00 bits per heavy atom. The van der Waals surface area contributed by atoms with Gasteiger partial charge in [0.15, 0.2) is 11.5 Å². The van der Waals surface area contributed by atoms with E-state index in [1.165, 1.54) is 7.11 Å². The minimum Gasteiger partial charge on any atom is -0.493 e. The first-order valence-electron chi connectivity index (χ1n) is 7.48. The van der Waals surface area contributed by atoms with Gasteiger partial charge in [0.25, 0.3) is 5.91 Å². The Morgan fingerprint density at radius 1 is 1.25 bits per heavy atom. The summed E-state index contributed by atoms with van der Waals surface area (Å²) < 4.78 is 11.5. The Morgan fingerprint density at radius 3 is 2.67 bits per heavy atom. The highest BCUT2D eigenvalue weighted by molar-refractivity contribution is 9.10. The summed E-state index contributed by atoms with van der Waals surface area (Å²) in [5.41, 5.74) is 1.39. The topological polar surface area (TPSA) is 47.6 Å². The molecule has 0 aliphatic heterocycles. The molecule has 0 aliphatic rings. The largest absolute Gasteiger partial charge is 0.493 e. The predicted molar refractivity (Wildman–Crippen MR) is 97.5 cm³/mol. The molecule has 0 saturated carbocycles.